The van der Waals surface area contributed by atoms with Crippen molar-refractivity contribution >= 4 is 18.4 Å². The normalized spacial score (nSPS) is 12.5. The maximum Gasteiger partial charge on any atom is 4.00 e. The van der Waals surface area contributed by atoms with Crippen LogP contribution >= 0.6 is 0 Å². The van der Waals surface area contributed by atoms with Crippen molar-refractivity contribution < 1.29 is 58.9 Å². The van der Waals surface area contributed by atoms with Crippen molar-refractivity contribution in [2.24, 2.45) is 0 Å². The predicted molar refractivity (Wildman–Crippen MR) is 108 cm³/mol. The molecule has 0 spiro atoms. The van der Waals surface area contributed by atoms with Gasteiger partial charge in [0.2, 0.25) is 0 Å². The van der Waals surface area contributed by atoms with Crippen LogP contribution in [0.25, 0.3) is 0 Å². The summed E-state index contributed by atoms with van der Waals surface area (Å²) in [6, 6.07) is 14.1. The third-order valence-corrected chi connectivity index (χ3v) is 9.64. The molecule has 0 saturated heterocycles. The quantitative estimate of drug-likeness (QED) is 0.305. The van der Waals surface area contributed by atoms with E-state index in [1.165, 1.54) is 43.4 Å². The molecule has 5 heteroatoms. The number of benzene rings is 2. The Hall–Kier alpha value is -0.279. The van der Waals surface area contributed by atoms with Crippen molar-refractivity contribution in [3.05, 3.63) is 81.6 Å². The Morgan fingerprint density at radius 2 is 1.04 bits per heavy atom. The zero-order valence-corrected chi connectivity index (χ0v) is 22.2. The summed E-state index contributed by atoms with van der Waals surface area (Å²) in [4.78, 5) is 0. The van der Waals surface area contributed by atoms with Gasteiger partial charge in [-0.2, -0.15) is 6.08 Å². The van der Waals surface area contributed by atoms with E-state index in [1.807, 2.05) is 0 Å². The molecule has 0 amide bonds. The van der Waals surface area contributed by atoms with Crippen LogP contribution in [0.15, 0.2) is 53.2 Å². The molecule has 148 valence electrons. The number of aryl methyl sites for hydroxylation is 4. The van der Waals surface area contributed by atoms with Gasteiger partial charge in [0.05, 0.1) is 0 Å². The van der Waals surface area contributed by atoms with E-state index < -0.39 is 8.07 Å². The number of hydrogen-bond acceptors (Lipinski definition) is 0. The van der Waals surface area contributed by atoms with Gasteiger partial charge in [0, 0.05) is 0 Å². The Bertz CT molecular complexity index is 780. The van der Waals surface area contributed by atoms with Gasteiger partial charge in [-0.05, 0) is 27.7 Å². The Kier molecular flexibility index (Phi) is 12.6. The number of halogens is 3. The third kappa shape index (κ3) is 5.88. The predicted octanol–water partition coefficient (Wildman–Crippen LogP) is -4.26. The van der Waals surface area contributed by atoms with Gasteiger partial charge < -0.3 is 37.2 Å². The Morgan fingerprint density at radius 1 is 0.679 bits per heavy atom. The van der Waals surface area contributed by atoms with Crippen molar-refractivity contribution in [3.63, 3.8) is 0 Å². The molecular formula is C23H27Cl3SiTi. The Labute approximate surface area is 205 Å². The van der Waals surface area contributed by atoms with Gasteiger partial charge in [0.1, 0.15) is 8.07 Å². The molecule has 0 atom stereocenters. The second-order valence-electron chi connectivity index (χ2n) is 7.52. The molecule has 2 aromatic carbocycles. The molecule has 0 N–H and O–H groups in total. The van der Waals surface area contributed by atoms with E-state index in [9.17, 15) is 0 Å². The molecule has 0 radical (unpaired) electrons. The Morgan fingerprint density at radius 3 is 1.32 bits per heavy atom. The molecule has 0 bridgehead atoms. The van der Waals surface area contributed by atoms with Crippen LogP contribution in [0.3, 0.4) is 0 Å². The molecular weight excluding hydrogens is 459 g/mol. The summed E-state index contributed by atoms with van der Waals surface area (Å²) in [7, 11) is -2.02. The van der Waals surface area contributed by atoms with Crippen LogP contribution in [0.1, 0.15) is 35.6 Å². The number of rotatable bonds is 3. The van der Waals surface area contributed by atoms with E-state index in [-0.39, 0.29) is 58.9 Å². The first-order valence-corrected chi connectivity index (χ1v) is 11.3. The molecule has 0 aliphatic heterocycles. The molecule has 1 aliphatic rings. The minimum absolute atomic E-state index is 0. The van der Waals surface area contributed by atoms with Crippen LogP contribution < -0.4 is 47.6 Å². The summed E-state index contributed by atoms with van der Waals surface area (Å²) in [5.74, 6) is 0. The average molecular weight is 486 g/mol. The number of hydrogen-bond donors (Lipinski definition) is 0. The fraction of sp³-hybridized carbons (Fsp3) is 0.304. The largest absolute Gasteiger partial charge is 4.00 e. The van der Waals surface area contributed by atoms with Crippen molar-refractivity contribution in [3.8, 4) is 0 Å². The fourth-order valence-corrected chi connectivity index (χ4v) is 8.42. The van der Waals surface area contributed by atoms with Gasteiger partial charge in [-0.15, -0.1) is 13.3 Å². The molecule has 1 aliphatic carbocycles. The van der Waals surface area contributed by atoms with E-state index in [4.69, 9.17) is 0 Å². The average Bonchev–Trinajstić information content (AvgIpc) is 2.91. The van der Waals surface area contributed by atoms with Crippen LogP contribution in [-0.2, 0) is 21.7 Å². The second-order valence-corrected chi connectivity index (χ2v) is 11.4. The van der Waals surface area contributed by atoms with E-state index in [0.29, 0.717) is 0 Å². The van der Waals surface area contributed by atoms with Crippen molar-refractivity contribution in [1.29, 1.82) is 0 Å². The molecule has 0 saturated carbocycles. The summed E-state index contributed by atoms with van der Waals surface area (Å²) in [6.07, 6.45) is 6.99. The zero-order valence-electron chi connectivity index (χ0n) is 17.4. The second kappa shape index (κ2) is 11.8. The molecule has 3 rings (SSSR count). The number of allylic oxidation sites excluding steroid dienone is 4. The molecule has 0 aromatic heterocycles. The molecule has 0 unspecified atom stereocenters. The summed E-state index contributed by atoms with van der Waals surface area (Å²) in [5, 5.41) is 4.47. The molecule has 28 heavy (non-hydrogen) atoms. The van der Waals surface area contributed by atoms with Gasteiger partial charge in [0.15, 0.2) is 0 Å². The van der Waals surface area contributed by atoms with Crippen molar-refractivity contribution in [2.75, 3.05) is 0 Å². The van der Waals surface area contributed by atoms with Crippen LogP contribution in [0, 0.1) is 33.8 Å². The maximum atomic E-state index is 3.71. The summed E-state index contributed by atoms with van der Waals surface area (Å²) in [6.45, 7) is 13.6. The van der Waals surface area contributed by atoms with E-state index in [1.54, 1.807) is 0 Å². The fourth-order valence-electron chi connectivity index (χ4n) is 4.10. The third-order valence-electron chi connectivity index (χ3n) is 5.18. The van der Waals surface area contributed by atoms with Gasteiger partial charge in [-0.1, -0.05) is 75.6 Å². The van der Waals surface area contributed by atoms with Gasteiger partial charge >= 0.3 is 21.7 Å². The first kappa shape index (κ1) is 29.9. The Balaban J connectivity index is 0. The topological polar surface area (TPSA) is 0 Å². The van der Waals surface area contributed by atoms with Crippen LogP contribution in [0.5, 0.6) is 0 Å². The zero-order chi connectivity index (χ0) is 17.5. The minimum Gasteiger partial charge on any atom is -1.00 e. The van der Waals surface area contributed by atoms with Crippen molar-refractivity contribution in [1.82, 2.24) is 0 Å². The summed E-state index contributed by atoms with van der Waals surface area (Å²) in [5.41, 5.74) is 6.84. The SMILES string of the molecule is CC1=CC[C-]=C1[Si](C)(c1cc(C)cc(C)c1)c1cc(C)cc(C)c1.[Cl-].[Cl-].[Cl-].[Ti+4]. The van der Waals surface area contributed by atoms with E-state index >= 15 is 0 Å². The van der Waals surface area contributed by atoms with Crippen LogP contribution in [0.2, 0.25) is 6.55 Å². The summed E-state index contributed by atoms with van der Waals surface area (Å²) >= 11 is 0. The van der Waals surface area contributed by atoms with Crippen LogP contribution in [0.4, 0.5) is 0 Å². The maximum absolute atomic E-state index is 3.71. The summed E-state index contributed by atoms with van der Waals surface area (Å²) < 4.78 is 0. The minimum atomic E-state index is -2.02. The van der Waals surface area contributed by atoms with Crippen LogP contribution in [-0.4, -0.2) is 8.07 Å². The van der Waals surface area contributed by atoms with E-state index in [2.05, 4.69) is 89.7 Å². The molecule has 0 fully saturated rings. The monoisotopic (exact) mass is 484 g/mol. The molecule has 0 nitrogen and oxygen atoms in total. The van der Waals surface area contributed by atoms with Gasteiger partial charge in [0.25, 0.3) is 0 Å². The first-order chi connectivity index (χ1) is 11.3. The van der Waals surface area contributed by atoms with Gasteiger partial charge in [-0.3, -0.25) is 6.08 Å². The molecule has 2 aromatic rings. The molecule has 0 heterocycles. The van der Waals surface area contributed by atoms with Gasteiger partial charge in [-0.25, -0.2) is 10.8 Å². The first-order valence-electron chi connectivity index (χ1n) is 8.76. The standard InChI is InChI=1S/C23H27Si.3ClH.Ti/c1-16-10-17(2)13-21(12-16)24(6,23-9-7-8-20(23)5)22-14-18(3)11-19(4)15-22;;;;/h8,10-15H,7H2,1-6H3;3*1H;/q-1;;;;+4/p-3. The van der Waals surface area contributed by atoms with Crippen molar-refractivity contribution in [2.45, 2.75) is 47.6 Å². The van der Waals surface area contributed by atoms with E-state index in [0.717, 1.165) is 6.42 Å². The smallest absolute Gasteiger partial charge is 1.00 e.